The predicted molar refractivity (Wildman–Crippen MR) is 59.5 cm³/mol. The Bertz CT molecular complexity index is 408. The molecule has 0 bridgehead atoms. The topological polar surface area (TPSA) is 94.9 Å². The molecular formula is C10H13NO5S. The second-order valence-electron chi connectivity index (χ2n) is 4.80. The van der Waals surface area contributed by atoms with E-state index in [-0.39, 0.29) is 17.7 Å². The normalized spacial score (nSPS) is 34.1. The molecule has 7 heteroatoms. The summed E-state index contributed by atoms with van der Waals surface area (Å²) in [5, 5.41) is 17.5. The number of hydrogen-bond donors (Lipinski definition) is 2. The van der Waals surface area contributed by atoms with Crippen molar-refractivity contribution >= 4 is 29.6 Å². The van der Waals surface area contributed by atoms with Crippen LogP contribution in [0.2, 0.25) is 0 Å². The van der Waals surface area contributed by atoms with Crippen LogP contribution in [0.15, 0.2) is 0 Å². The zero-order chi connectivity index (χ0) is 13.0. The quantitative estimate of drug-likeness (QED) is 0.704. The number of amides is 1. The van der Waals surface area contributed by atoms with E-state index in [4.69, 9.17) is 10.2 Å². The summed E-state index contributed by atoms with van der Waals surface area (Å²) in [6, 6.07) is -0.866. The second-order valence-corrected chi connectivity index (χ2v) is 6.57. The van der Waals surface area contributed by atoms with Crippen molar-refractivity contribution in [1.82, 2.24) is 4.90 Å². The highest BCUT2D eigenvalue weighted by atomic mass is 32.2. The van der Waals surface area contributed by atoms with Gasteiger partial charge in [-0.2, -0.15) is 0 Å². The van der Waals surface area contributed by atoms with Crippen LogP contribution in [0.1, 0.15) is 20.3 Å². The van der Waals surface area contributed by atoms with E-state index in [0.29, 0.717) is 0 Å². The van der Waals surface area contributed by atoms with Crippen molar-refractivity contribution in [2.24, 2.45) is 5.92 Å². The number of thioether (sulfide) groups is 1. The number of fused-ring (bicyclic) bond motifs is 1. The fourth-order valence-corrected chi connectivity index (χ4v) is 4.15. The molecule has 0 radical (unpaired) electrons. The van der Waals surface area contributed by atoms with Gasteiger partial charge in [0.15, 0.2) is 0 Å². The van der Waals surface area contributed by atoms with Crippen molar-refractivity contribution in [2.45, 2.75) is 36.4 Å². The van der Waals surface area contributed by atoms with Crippen LogP contribution < -0.4 is 0 Å². The SMILES string of the molecule is CC1(C)S[C@@H]2[C@H](CC(=O)O)C(=O)N2[C@H]1C(=O)O. The molecule has 94 valence electrons. The molecule has 2 rings (SSSR count). The van der Waals surface area contributed by atoms with Gasteiger partial charge in [-0.05, 0) is 13.8 Å². The molecule has 2 fully saturated rings. The van der Waals surface area contributed by atoms with Crippen molar-refractivity contribution in [3.63, 3.8) is 0 Å². The van der Waals surface area contributed by atoms with Crippen molar-refractivity contribution in [3.05, 3.63) is 0 Å². The summed E-state index contributed by atoms with van der Waals surface area (Å²) in [4.78, 5) is 34.8. The second kappa shape index (κ2) is 3.63. The first-order valence-electron chi connectivity index (χ1n) is 5.20. The van der Waals surface area contributed by atoms with Gasteiger partial charge in [-0.15, -0.1) is 11.8 Å². The number of carbonyl (C=O) groups is 3. The first-order valence-corrected chi connectivity index (χ1v) is 6.08. The van der Waals surface area contributed by atoms with Crippen LogP contribution in [0.25, 0.3) is 0 Å². The van der Waals surface area contributed by atoms with Crippen molar-refractivity contribution in [1.29, 1.82) is 0 Å². The van der Waals surface area contributed by atoms with Crippen LogP contribution in [0.4, 0.5) is 0 Å². The molecule has 0 saturated carbocycles. The van der Waals surface area contributed by atoms with E-state index in [1.807, 2.05) is 0 Å². The summed E-state index contributed by atoms with van der Waals surface area (Å²) in [7, 11) is 0. The number of β-lactam (4-membered cyclic amide) rings is 1. The van der Waals surface area contributed by atoms with Crippen LogP contribution in [-0.4, -0.2) is 49.1 Å². The maximum atomic E-state index is 11.8. The Morgan fingerprint density at radius 1 is 1.41 bits per heavy atom. The van der Waals surface area contributed by atoms with Crippen molar-refractivity contribution < 1.29 is 24.6 Å². The molecule has 0 aromatic carbocycles. The van der Waals surface area contributed by atoms with Gasteiger partial charge in [-0.1, -0.05) is 0 Å². The maximum Gasteiger partial charge on any atom is 0.327 e. The molecule has 2 aliphatic heterocycles. The van der Waals surface area contributed by atoms with Gasteiger partial charge in [0.05, 0.1) is 17.7 Å². The zero-order valence-corrected chi connectivity index (χ0v) is 10.2. The Kier molecular flexibility index (Phi) is 2.61. The van der Waals surface area contributed by atoms with Crippen LogP contribution in [0.3, 0.4) is 0 Å². The van der Waals surface area contributed by atoms with Gasteiger partial charge in [0.25, 0.3) is 0 Å². The Hall–Kier alpha value is -1.24. The minimum absolute atomic E-state index is 0.227. The van der Waals surface area contributed by atoms with E-state index < -0.39 is 28.6 Å². The van der Waals surface area contributed by atoms with Gasteiger partial charge in [-0.3, -0.25) is 9.59 Å². The third kappa shape index (κ3) is 1.69. The smallest absolute Gasteiger partial charge is 0.327 e. The van der Waals surface area contributed by atoms with Gasteiger partial charge in [-0.25, -0.2) is 4.79 Å². The third-order valence-corrected chi connectivity index (χ3v) is 4.81. The molecule has 2 saturated heterocycles. The van der Waals surface area contributed by atoms with Gasteiger partial charge in [0.2, 0.25) is 5.91 Å². The van der Waals surface area contributed by atoms with Crippen molar-refractivity contribution in [3.8, 4) is 0 Å². The molecule has 2 N–H and O–H groups in total. The summed E-state index contributed by atoms with van der Waals surface area (Å²) in [6.07, 6.45) is -0.227. The van der Waals surface area contributed by atoms with E-state index >= 15 is 0 Å². The largest absolute Gasteiger partial charge is 0.481 e. The highest BCUT2D eigenvalue weighted by Crippen LogP contribution is 2.53. The lowest BCUT2D eigenvalue weighted by atomic mass is 9.90. The first kappa shape index (κ1) is 12.2. The Morgan fingerprint density at radius 3 is 2.47 bits per heavy atom. The van der Waals surface area contributed by atoms with E-state index in [9.17, 15) is 14.4 Å². The summed E-state index contributed by atoms with van der Waals surface area (Å²) in [5.41, 5.74) is 0. The lowest BCUT2D eigenvalue weighted by Gasteiger charge is -2.43. The fourth-order valence-electron chi connectivity index (χ4n) is 2.47. The van der Waals surface area contributed by atoms with Gasteiger partial charge in [0, 0.05) is 4.75 Å². The van der Waals surface area contributed by atoms with E-state index in [1.165, 1.54) is 16.7 Å². The van der Waals surface area contributed by atoms with Crippen LogP contribution in [0.5, 0.6) is 0 Å². The highest BCUT2D eigenvalue weighted by molar-refractivity contribution is 8.01. The number of rotatable bonds is 3. The van der Waals surface area contributed by atoms with Gasteiger partial charge in [0.1, 0.15) is 6.04 Å². The molecule has 2 heterocycles. The van der Waals surface area contributed by atoms with E-state index in [1.54, 1.807) is 13.8 Å². The Morgan fingerprint density at radius 2 is 2.00 bits per heavy atom. The number of carboxylic acids is 2. The number of carboxylic acid groups (broad SMARTS) is 2. The summed E-state index contributed by atoms with van der Waals surface area (Å²) in [5.74, 6) is -3.00. The van der Waals surface area contributed by atoms with E-state index in [2.05, 4.69) is 0 Å². The number of nitrogens with zero attached hydrogens (tertiary/aromatic N) is 1. The van der Waals surface area contributed by atoms with Crippen LogP contribution >= 0.6 is 11.8 Å². The highest BCUT2D eigenvalue weighted by Gasteiger charge is 2.63. The molecule has 17 heavy (non-hydrogen) atoms. The van der Waals surface area contributed by atoms with Gasteiger partial charge >= 0.3 is 11.9 Å². The molecule has 1 amide bonds. The molecular weight excluding hydrogens is 246 g/mol. The van der Waals surface area contributed by atoms with Crippen LogP contribution in [0, 0.1) is 5.92 Å². The molecule has 3 atom stereocenters. The lowest BCUT2D eigenvalue weighted by Crippen LogP contribution is -2.62. The molecule has 0 spiro atoms. The fraction of sp³-hybridized carbons (Fsp3) is 0.700. The number of hydrogen-bond acceptors (Lipinski definition) is 4. The van der Waals surface area contributed by atoms with Crippen LogP contribution in [-0.2, 0) is 14.4 Å². The third-order valence-electron chi connectivity index (χ3n) is 3.18. The molecule has 0 aliphatic carbocycles. The lowest BCUT2D eigenvalue weighted by molar-refractivity contribution is -0.165. The zero-order valence-electron chi connectivity index (χ0n) is 9.41. The summed E-state index contributed by atoms with van der Waals surface area (Å²) >= 11 is 1.37. The average molecular weight is 259 g/mol. The average Bonchev–Trinajstić information content (AvgIpc) is 2.43. The Labute approximate surface area is 102 Å². The molecule has 0 unspecified atom stereocenters. The summed E-state index contributed by atoms with van der Waals surface area (Å²) in [6.45, 7) is 3.53. The summed E-state index contributed by atoms with van der Waals surface area (Å²) < 4.78 is -0.584. The molecule has 0 aromatic rings. The number of aliphatic carboxylic acids is 2. The minimum Gasteiger partial charge on any atom is -0.481 e. The molecule has 0 aromatic heterocycles. The number of carbonyl (C=O) groups excluding carboxylic acids is 1. The first-order chi connectivity index (χ1) is 7.75. The standard InChI is InChI=1S/C10H13NO5S/c1-10(2)6(9(15)16)11-7(14)4(3-5(12)13)8(11)17-10/h4,6,8H,3H2,1-2H3,(H,12,13)(H,15,16)/t4-,6+,8-/m1/s1. The minimum atomic E-state index is -1.04. The maximum absolute atomic E-state index is 11.8. The predicted octanol–water partition coefficient (Wildman–Crippen LogP) is 0.224. The molecule has 2 aliphatic rings. The van der Waals surface area contributed by atoms with Crippen molar-refractivity contribution in [2.75, 3.05) is 0 Å². The molecule has 6 nitrogen and oxygen atoms in total. The van der Waals surface area contributed by atoms with Gasteiger partial charge < -0.3 is 15.1 Å². The van der Waals surface area contributed by atoms with E-state index in [0.717, 1.165) is 0 Å². The Balaban J connectivity index is 2.21. The monoisotopic (exact) mass is 259 g/mol.